The highest BCUT2D eigenvalue weighted by Crippen LogP contribution is 2.28. The number of carbonyl (C=O) groups is 1. The smallest absolute Gasteiger partial charge is 0.252 e. The van der Waals surface area contributed by atoms with E-state index in [2.05, 4.69) is 17.1 Å². The third-order valence-corrected chi connectivity index (χ3v) is 4.87. The molecule has 7 heteroatoms. The fourth-order valence-corrected chi connectivity index (χ4v) is 3.60. The quantitative estimate of drug-likeness (QED) is 0.839. The van der Waals surface area contributed by atoms with Crippen molar-refractivity contribution in [1.29, 1.82) is 0 Å². The first-order valence-electron chi connectivity index (χ1n) is 8.88. The van der Waals surface area contributed by atoms with Crippen LogP contribution in [0.4, 0.5) is 0 Å². The van der Waals surface area contributed by atoms with Crippen LogP contribution in [0, 0.1) is 12.8 Å². The fourth-order valence-electron chi connectivity index (χ4n) is 3.60. The number of aromatic nitrogens is 2. The molecule has 0 bridgehead atoms. The molecule has 1 aliphatic heterocycles. The number of ether oxygens (including phenoxy) is 2. The van der Waals surface area contributed by atoms with Gasteiger partial charge in [-0.3, -0.25) is 4.79 Å². The van der Waals surface area contributed by atoms with E-state index < -0.39 is 6.10 Å². The molecule has 0 radical (unpaired) electrons. The highest BCUT2D eigenvalue weighted by molar-refractivity contribution is 5.81. The SMILES string of the molecule is Cc1nnc([C@@H]2COCCN2C(=O)[C@H](C)O[C@@H]2CCC[C@@H](C)C2)o1. The van der Waals surface area contributed by atoms with Gasteiger partial charge in [0.2, 0.25) is 11.8 Å². The summed E-state index contributed by atoms with van der Waals surface area (Å²) in [6.07, 6.45) is 4.21. The molecule has 7 nitrogen and oxygen atoms in total. The first-order valence-corrected chi connectivity index (χ1v) is 8.88. The topological polar surface area (TPSA) is 77.7 Å². The molecule has 1 saturated carbocycles. The molecule has 2 heterocycles. The minimum Gasteiger partial charge on any atom is -0.423 e. The number of aryl methyl sites for hydroxylation is 1. The van der Waals surface area contributed by atoms with Crippen molar-refractivity contribution in [3.05, 3.63) is 11.8 Å². The maximum absolute atomic E-state index is 12.9. The van der Waals surface area contributed by atoms with Crippen molar-refractivity contribution in [2.24, 2.45) is 5.92 Å². The summed E-state index contributed by atoms with van der Waals surface area (Å²) in [5.74, 6) is 1.56. The lowest BCUT2D eigenvalue weighted by Crippen LogP contribution is -2.48. The molecule has 134 valence electrons. The van der Waals surface area contributed by atoms with Gasteiger partial charge in [-0.1, -0.05) is 19.8 Å². The fraction of sp³-hybridized carbons (Fsp3) is 0.824. The average Bonchev–Trinajstić information content (AvgIpc) is 3.00. The lowest BCUT2D eigenvalue weighted by atomic mass is 9.88. The van der Waals surface area contributed by atoms with Gasteiger partial charge < -0.3 is 18.8 Å². The Morgan fingerprint density at radius 1 is 1.38 bits per heavy atom. The summed E-state index contributed by atoms with van der Waals surface area (Å²) >= 11 is 0. The molecule has 1 amide bonds. The van der Waals surface area contributed by atoms with Gasteiger partial charge >= 0.3 is 0 Å². The van der Waals surface area contributed by atoms with Crippen molar-refractivity contribution in [1.82, 2.24) is 15.1 Å². The molecule has 1 saturated heterocycles. The minimum absolute atomic E-state index is 0.0302. The number of nitrogens with zero attached hydrogens (tertiary/aromatic N) is 3. The summed E-state index contributed by atoms with van der Waals surface area (Å²) in [6.45, 7) is 7.23. The summed E-state index contributed by atoms with van der Waals surface area (Å²) in [5.41, 5.74) is 0. The number of morpholine rings is 1. The van der Waals surface area contributed by atoms with Crippen molar-refractivity contribution in [2.75, 3.05) is 19.8 Å². The van der Waals surface area contributed by atoms with E-state index in [1.165, 1.54) is 12.8 Å². The van der Waals surface area contributed by atoms with Crippen molar-refractivity contribution in [3.63, 3.8) is 0 Å². The standard InChI is InChI=1S/C17H27N3O4/c1-11-5-4-6-14(9-11)23-12(2)17(21)20-7-8-22-10-15(20)16-19-18-13(3)24-16/h11-12,14-15H,4-10H2,1-3H3/t11-,12+,14-,15+/m1/s1. The third kappa shape index (κ3) is 3.95. The minimum atomic E-state index is -0.468. The Morgan fingerprint density at radius 2 is 2.21 bits per heavy atom. The van der Waals surface area contributed by atoms with E-state index in [9.17, 15) is 4.79 Å². The molecular weight excluding hydrogens is 310 g/mol. The molecule has 24 heavy (non-hydrogen) atoms. The highest BCUT2D eigenvalue weighted by Gasteiger charge is 2.36. The van der Waals surface area contributed by atoms with Crippen molar-refractivity contribution in [3.8, 4) is 0 Å². The molecule has 1 aliphatic carbocycles. The molecule has 2 fully saturated rings. The summed E-state index contributed by atoms with van der Waals surface area (Å²) in [7, 11) is 0. The Kier molecular flexibility index (Phi) is 5.50. The maximum atomic E-state index is 12.9. The van der Waals surface area contributed by atoms with E-state index in [0.29, 0.717) is 37.5 Å². The van der Waals surface area contributed by atoms with Gasteiger partial charge in [0.1, 0.15) is 12.1 Å². The molecular formula is C17H27N3O4. The van der Waals surface area contributed by atoms with Crippen LogP contribution in [0.15, 0.2) is 4.42 Å². The Hall–Kier alpha value is -1.47. The van der Waals surface area contributed by atoms with Gasteiger partial charge in [0.15, 0.2) is 0 Å². The van der Waals surface area contributed by atoms with Crippen LogP contribution in [0.3, 0.4) is 0 Å². The van der Waals surface area contributed by atoms with E-state index in [0.717, 1.165) is 12.8 Å². The maximum Gasteiger partial charge on any atom is 0.252 e. The van der Waals surface area contributed by atoms with Gasteiger partial charge in [0.25, 0.3) is 5.91 Å². The van der Waals surface area contributed by atoms with Crippen LogP contribution in [0.5, 0.6) is 0 Å². The first kappa shape index (κ1) is 17.4. The zero-order chi connectivity index (χ0) is 17.1. The van der Waals surface area contributed by atoms with Gasteiger partial charge in [0, 0.05) is 13.5 Å². The molecule has 0 unspecified atom stereocenters. The number of hydrogen-bond donors (Lipinski definition) is 0. The van der Waals surface area contributed by atoms with Gasteiger partial charge in [0.05, 0.1) is 19.3 Å². The summed E-state index contributed by atoms with van der Waals surface area (Å²) < 4.78 is 17.1. The number of rotatable bonds is 4. The first-order chi connectivity index (χ1) is 11.5. The van der Waals surface area contributed by atoms with Crippen molar-refractivity contribution >= 4 is 5.91 Å². The summed E-state index contributed by atoms with van der Waals surface area (Å²) in [6, 6.07) is -0.330. The van der Waals surface area contributed by atoms with E-state index >= 15 is 0 Å². The molecule has 1 aromatic rings. The van der Waals surface area contributed by atoms with Crippen LogP contribution in [0.25, 0.3) is 0 Å². The van der Waals surface area contributed by atoms with Crippen molar-refractivity contribution in [2.45, 2.75) is 64.7 Å². The van der Waals surface area contributed by atoms with E-state index in [4.69, 9.17) is 13.9 Å². The highest BCUT2D eigenvalue weighted by atomic mass is 16.5. The Bertz CT molecular complexity index is 562. The lowest BCUT2D eigenvalue weighted by molar-refractivity contribution is -0.157. The predicted octanol–water partition coefficient (Wildman–Crippen LogP) is 2.26. The van der Waals surface area contributed by atoms with Gasteiger partial charge in [-0.05, 0) is 25.7 Å². The summed E-state index contributed by atoms with van der Waals surface area (Å²) in [5, 5.41) is 7.92. The van der Waals surface area contributed by atoms with Crippen LogP contribution in [0.1, 0.15) is 57.4 Å². The molecule has 1 aromatic heterocycles. The van der Waals surface area contributed by atoms with Gasteiger partial charge in [-0.25, -0.2) is 0 Å². The van der Waals surface area contributed by atoms with E-state index in [1.807, 2.05) is 6.92 Å². The molecule has 3 rings (SSSR count). The van der Waals surface area contributed by atoms with E-state index in [1.54, 1.807) is 11.8 Å². The molecule has 0 aromatic carbocycles. The zero-order valence-corrected chi connectivity index (χ0v) is 14.7. The lowest BCUT2D eigenvalue weighted by Gasteiger charge is -2.36. The molecule has 4 atom stereocenters. The molecule has 0 spiro atoms. The normalized spacial score (nSPS) is 29.5. The monoisotopic (exact) mass is 337 g/mol. The van der Waals surface area contributed by atoms with Crippen LogP contribution < -0.4 is 0 Å². The Labute approximate surface area is 142 Å². The number of amides is 1. The van der Waals surface area contributed by atoms with Crippen LogP contribution in [-0.2, 0) is 14.3 Å². The number of carbonyl (C=O) groups excluding carboxylic acids is 1. The largest absolute Gasteiger partial charge is 0.423 e. The average molecular weight is 337 g/mol. The van der Waals surface area contributed by atoms with Crippen LogP contribution in [-0.4, -0.2) is 53.0 Å². The Balaban J connectivity index is 1.64. The third-order valence-electron chi connectivity index (χ3n) is 4.87. The summed E-state index contributed by atoms with van der Waals surface area (Å²) in [4.78, 5) is 14.7. The molecule has 2 aliphatic rings. The predicted molar refractivity (Wildman–Crippen MR) is 86.3 cm³/mol. The van der Waals surface area contributed by atoms with Gasteiger partial charge in [-0.2, -0.15) is 0 Å². The second-order valence-corrected chi connectivity index (χ2v) is 6.95. The Morgan fingerprint density at radius 3 is 2.92 bits per heavy atom. The molecule has 0 N–H and O–H groups in total. The van der Waals surface area contributed by atoms with Crippen LogP contribution >= 0.6 is 0 Å². The van der Waals surface area contributed by atoms with E-state index in [-0.39, 0.29) is 18.1 Å². The zero-order valence-electron chi connectivity index (χ0n) is 14.7. The van der Waals surface area contributed by atoms with Crippen LogP contribution in [0.2, 0.25) is 0 Å². The number of hydrogen-bond acceptors (Lipinski definition) is 6. The van der Waals surface area contributed by atoms with Crippen molar-refractivity contribution < 1.29 is 18.7 Å². The second-order valence-electron chi connectivity index (χ2n) is 6.95. The second kappa shape index (κ2) is 7.61. The van der Waals surface area contributed by atoms with Gasteiger partial charge in [-0.15, -0.1) is 10.2 Å².